The third-order valence-electron chi connectivity index (χ3n) is 2.59. The maximum atomic E-state index is 13.4. The Morgan fingerprint density at radius 3 is 2.72 bits per heavy atom. The second-order valence-corrected chi connectivity index (χ2v) is 5.16. The molecule has 18 heavy (non-hydrogen) atoms. The standard InChI is InChI=1S/C14H15FO2S/c1-10-4-13(18-9-10)8-17-7-11-2-3-12(6-16)14(15)5-11/h2-5,9,16H,6-8H2,1H3. The molecule has 1 aromatic carbocycles. The number of halogens is 1. The Bertz CT molecular complexity index is 522. The molecule has 0 radical (unpaired) electrons. The molecule has 0 saturated carbocycles. The van der Waals surface area contributed by atoms with Gasteiger partial charge >= 0.3 is 0 Å². The van der Waals surface area contributed by atoms with Crippen molar-refractivity contribution in [1.29, 1.82) is 0 Å². The first-order chi connectivity index (χ1) is 8.69. The molecule has 1 N–H and O–H groups in total. The van der Waals surface area contributed by atoms with Crippen molar-refractivity contribution in [3.8, 4) is 0 Å². The van der Waals surface area contributed by atoms with E-state index in [-0.39, 0.29) is 12.4 Å². The normalized spacial score (nSPS) is 10.8. The first kappa shape index (κ1) is 13.2. The minimum atomic E-state index is -0.384. The van der Waals surface area contributed by atoms with Crippen molar-refractivity contribution in [2.24, 2.45) is 0 Å². The summed E-state index contributed by atoms with van der Waals surface area (Å²) in [6.45, 7) is 2.69. The Hall–Kier alpha value is -1.23. The molecule has 2 aromatic rings. The lowest BCUT2D eigenvalue weighted by atomic mass is 10.1. The van der Waals surface area contributed by atoms with E-state index in [4.69, 9.17) is 9.84 Å². The van der Waals surface area contributed by atoms with Gasteiger partial charge in [-0.1, -0.05) is 12.1 Å². The average Bonchev–Trinajstić information content (AvgIpc) is 2.75. The average molecular weight is 266 g/mol. The van der Waals surface area contributed by atoms with Gasteiger partial charge in [0, 0.05) is 10.4 Å². The fourth-order valence-electron chi connectivity index (χ4n) is 1.64. The number of rotatable bonds is 5. The number of aryl methyl sites for hydroxylation is 1. The zero-order valence-corrected chi connectivity index (χ0v) is 11.0. The summed E-state index contributed by atoms with van der Waals surface area (Å²) < 4.78 is 18.9. The highest BCUT2D eigenvalue weighted by atomic mass is 32.1. The van der Waals surface area contributed by atoms with E-state index in [0.29, 0.717) is 18.8 Å². The molecule has 0 spiro atoms. The molecular formula is C14H15FO2S. The van der Waals surface area contributed by atoms with Crippen molar-refractivity contribution >= 4 is 11.3 Å². The molecule has 4 heteroatoms. The molecule has 96 valence electrons. The van der Waals surface area contributed by atoms with Crippen LogP contribution in [0.2, 0.25) is 0 Å². The van der Waals surface area contributed by atoms with E-state index in [1.54, 1.807) is 23.5 Å². The van der Waals surface area contributed by atoms with E-state index >= 15 is 0 Å². The highest BCUT2D eigenvalue weighted by Gasteiger charge is 2.03. The van der Waals surface area contributed by atoms with Crippen molar-refractivity contribution in [3.63, 3.8) is 0 Å². The van der Waals surface area contributed by atoms with E-state index in [1.165, 1.54) is 16.5 Å². The molecule has 1 aromatic heterocycles. The Morgan fingerprint density at radius 1 is 1.28 bits per heavy atom. The first-order valence-electron chi connectivity index (χ1n) is 5.69. The molecule has 0 aliphatic carbocycles. The molecule has 0 aliphatic heterocycles. The summed E-state index contributed by atoms with van der Waals surface area (Å²) in [6.07, 6.45) is 0. The van der Waals surface area contributed by atoms with Crippen LogP contribution in [0, 0.1) is 12.7 Å². The van der Waals surface area contributed by atoms with Crippen LogP contribution in [0.3, 0.4) is 0 Å². The second-order valence-electron chi connectivity index (χ2n) is 4.17. The van der Waals surface area contributed by atoms with E-state index in [2.05, 4.69) is 11.4 Å². The number of thiophene rings is 1. The van der Waals surface area contributed by atoms with Gasteiger partial charge in [0.1, 0.15) is 5.82 Å². The molecule has 0 aliphatic rings. The second kappa shape index (κ2) is 6.09. The quantitative estimate of drug-likeness (QED) is 0.898. The van der Waals surface area contributed by atoms with Gasteiger partial charge in [0.05, 0.1) is 19.8 Å². The van der Waals surface area contributed by atoms with Gasteiger partial charge in [0.25, 0.3) is 0 Å². The van der Waals surface area contributed by atoms with E-state index < -0.39 is 0 Å². The monoisotopic (exact) mass is 266 g/mol. The Morgan fingerprint density at radius 2 is 2.11 bits per heavy atom. The van der Waals surface area contributed by atoms with Crippen LogP contribution in [-0.2, 0) is 24.6 Å². The SMILES string of the molecule is Cc1csc(COCc2ccc(CO)c(F)c2)c1. The molecule has 2 rings (SSSR count). The summed E-state index contributed by atoms with van der Waals surface area (Å²) >= 11 is 1.66. The lowest BCUT2D eigenvalue weighted by molar-refractivity contribution is 0.109. The largest absolute Gasteiger partial charge is 0.392 e. The Balaban J connectivity index is 1.88. The molecule has 0 saturated heterocycles. The van der Waals surface area contributed by atoms with Gasteiger partial charge in [0.15, 0.2) is 0 Å². The third kappa shape index (κ3) is 3.38. The summed E-state index contributed by atoms with van der Waals surface area (Å²) in [7, 11) is 0. The third-order valence-corrected chi connectivity index (χ3v) is 3.61. The molecule has 0 amide bonds. The number of benzene rings is 1. The first-order valence-corrected chi connectivity index (χ1v) is 6.57. The predicted octanol–water partition coefficient (Wildman–Crippen LogP) is 3.40. The molecule has 1 heterocycles. The van der Waals surface area contributed by atoms with Gasteiger partial charge in [0.2, 0.25) is 0 Å². The topological polar surface area (TPSA) is 29.5 Å². The minimum Gasteiger partial charge on any atom is -0.392 e. The van der Waals surface area contributed by atoms with Crippen LogP contribution in [0.5, 0.6) is 0 Å². The fraction of sp³-hybridized carbons (Fsp3) is 0.286. The lowest BCUT2D eigenvalue weighted by Gasteiger charge is -2.05. The van der Waals surface area contributed by atoms with Gasteiger partial charge in [-0.05, 0) is 35.6 Å². The van der Waals surface area contributed by atoms with Gasteiger partial charge in [-0.2, -0.15) is 0 Å². The number of hydrogen-bond acceptors (Lipinski definition) is 3. The zero-order chi connectivity index (χ0) is 13.0. The molecule has 0 atom stereocenters. The van der Waals surface area contributed by atoms with Gasteiger partial charge in [-0.3, -0.25) is 0 Å². The smallest absolute Gasteiger partial charge is 0.129 e. The molecule has 0 bridgehead atoms. The van der Waals surface area contributed by atoms with Crippen molar-refractivity contribution in [2.75, 3.05) is 0 Å². The molecule has 2 nitrogen and oxygen atoms in total. The van der Waals surface area contributed by atoms with E-state index in [0.717, 1.165) is 5.56 Å². The van der Waals surface area contributed by atoms with Crippen LogP contribution >= 0.6 is 11.3 Å². The van der Waals surface area contributed by atoms with E-state index in [1.807, 2.05) is 6.92 Å². The van der Waals surface area contributed by atoms with Gasteiger partial charge in [-0.25, -0.2) is 4.39 Å². The summed E-state index contributed by atoms with van der Waals surface area (Å²) in [6, 6.07) is 6.85. The van der Waals surface area contributed by atoms with Crippen LogP contribution < -0.4 is 0 Å². The van der Waals surface area contributed by atoms with E-state index in [9.17, 15) is 4.39 Å². The summed E-state index contributed by atoms with van der Waals surface area (Å²) in [5, 5.41) is 10.9. The van der Waals surface area contributed by atoms with Crippen LogP contribution in [0.1, 0.15) is 21.6 Å². The molecule has 0 unspecified atom stereocenters. The number of ether oxygens (including phenoxy) is 1. The van der Waals surface area contributed by atoms with Crippen molar-refractivity contribution in [3.05, 3.63) is 57.0 Å². The van der Waals surface area contributed by atoms with Crippen molar-refractivity contribution in [1.82, 2.24) is 0 Å². The number of aliphatic hydroxyl groups is 1. The highest BCUT2D eigenvalue weighted by molar-refractivity contribution is 7.10. The van der Waals surface area contributed by atoms with Crippen LogP contribution in [0.4, 0.5) is 4.39 Å². The number of hydrogen-bond donors (Lipinski definition) is 1. The summed E-state index contributed by atoms with van der Waals surface area (Å²) in [5.74, 6) is -0.384. The predicted molar refractivity (Wildman–Crippen MR) is 69.9 cm³/mol. The summed E-state index contributed by atoms with van der Waals surface area (Å²) in [4.78, 5) is 1.17. The maximum Gasteiger partial charge on any atom is 0.129 e. The maximum absolute atomic E-state index is 13.4. The molecular weight excluding hydrogens is 251 g/mol. The lowest BCUT2D eigenvalue weighted by Crippen LogP contribution is -1.96. The van der Waals surface area contributed by atoms with Crippen LogP contribution in [-0.4, -0.2) is 5.11 Å². The fourth-order valence-corrected chi connectivity index (χ4v) is 2.46. The van der Waals surface area contributed by atoms with Crippen molar-refractivity contribution < 1.29 is 14.2 Å². The number of aliphatic hydroxyl groups excluding tert-OH is 1. The minimum absolute atomic E-state index is 0.276. The van der Waals surface area contributed by atoms with Gasteiger partial charge in [-0.15, -0.1) is 11.3 Å². The van der Waals surface area contributed by atoms with Crippen LogP contribution in [0.15, 0.2) is 29.6 Å². The molecule has 0 fully saturated rings. The van der Waals surface area contributed by atoms with Gasteiger partial charge < -0.3 is 9.84 Å². The Labute approximate surface area is 110 Å². The van der Waals surface area contributed by atoms with Crippen molar-refractivity contribution in [2.45, 2.75) is 26.7 Å². The Kier molecular flexibility index (Phi) is 4.47. The van der Waals surface area contributed by atoms with Crippen LogP contribution in [0.25, 0.3) is 0 Å². The zero-order valence-electron chi connectivity index (χ0n) is 10.1. The highest BCUT2D eigenvalue weighted by Crippen LogP contribution is 2.16. The summed E-state index contributed by atoms with van der Waals surface area (Å²) in [5.41, 5.74) is 2.32.